The van der Waals surface area contributed by atoms with Gasteiger partial charge < -0.3 is 15.3 Å². The molecule has 1 heterocycles. The molecule has 0 saturated carbocycles. The average Bonchev–Trinajstić information content (AvgIpc) is 2.87. The van der Waals surface area contributed by atoms with Crippen molar-refractivity contribution < 1.29 is 23.1 Å². The Bertz CT molecular complexity index is 1260. The lowest BCUT2D eigenvalue weighted by Crippen LogP contribution is -2.46. The molecule has 0 aliphatic carbocycles. The molecule has 3 aromatic rings. The van der Waals surface area contributed by atoms with Crippen LogP contribution in [0.5, 0.6) is 5.75 Å². The van der Waals surface area contributed by atoms with Gasteiger partial charge in [0, 0.05) is 55.1 Å². The molecule has 1 aliphatic rings. The van der Waals surface area contributed by atoms with Gasteiger partial charge in [-0.15, -0.1) is 0 Å². The van der Waals surface area contributed by atoms with Gasteiger partial charge in [-0.2, -0.15) is 13.2 Å². The van der Waals surface area contributed by atoms with Crippen LogP contribution in [-0.2, 0) is 6.54 Å². The van der Waals surface area contributed by atoms with E-state index in [1.165, 1.54) is 0 Å². The molecule has 3 aromatic carbocycles. The highest BCUT2D eigenvalue weighted by molar-refractivity contribution is 5.94. The highest BCUT2D eigenvalue weighted by atomic mass is 19.4. The minimum absolute atomic E-state index is 0.187. The lowest BCUT2D eigenvalue weighted by atomic mass is 10.1. The molecule has 1 fully saturated rings. The van der Waals surface area contributed by atoms with E-state index < -0.39 is 18.6 Å². The van der Waals surface area contributed by atoms with Crippen LogP contribution < -0.4 is 10.2 Å². The van der Waals surface area contributed by atoms with Gasteiger partial charge in [0.25, 0.3) is 5.91 Å². The largest absolute Gasteiger partial charge is 0.508 e. The lowest BCUT2D eigenvalue weighted by Gasteiger charge is -2.36. The molecule has 4 rings (SSSR count). The van der Waals surface area contributed by atoms with Crippen LogP contribution in [0.15, 0.2) is 72.8 Å². The van der Waals surface area contributed by atoms with Crippen molar-refractivity contribution >= 4 is 11.6 Å². The highest BCUT2D eigenvalue weighted by Gasteiger charge is 2.28. The first-order chi connectivity index (χ1) is 17.3. The van der Waals surface area contributed by atoms with Gasteiger partial charge in [-0.05, 0) is 54.1 Å². The van der Waals surface area contributed by atoms with Crippen LogP contribution in [0.3, 0.4) is 0 Å². The van der Waals surface area contributed by atoms with Crippen molar-refractivity contribution in [3.63, 3.8) is 0 Å². The number of benzene rings is 3. The SMILES string of the molecule is O=C(NCC(F)(F)F)c1ccc(N2CCN(Cc3ccccc3C#Cc3cccc(O)c3)CC2)cc1. The number of phenols is 1. The third-order valence-corrected chi connectivity index (χ3v) is 5.92. The zero-order valence-electron chi connectivity index (χ0n) is 19.6. The number of alkyl halides is 3. The summed E-state index contributed by atoms with van der Waals surface area (Å²) < 4.78 is 36.9. The van der Waals surface area contributed by atoms with Gasteiger partial charge in [0.1, 0.15) is 12.3 Å². The van der Waals surface area contributed by atoms with Gasteiger partial charge >= 0.3 is 6.18 Å². The Hall–Kier alpha value is -3.96. The quantitative estimate of drug-likeness (QED) is 0.518. The molecule has 2 N–H and O–H groups in total. The van der Waals surface area contributed by atoms with Crippen molar-refractivity contribution in [1.29, 1.82) is 0 Å². The van der Waals surface area contributed by atoms with Gasteiger partial charge in [-0.25, -0.2) is 0 Å². The molecule has 1 aliphatic heterocycles. The van der Waals surface area contributed by atoms with Crippen LogP contribution >= 0.6 is 0 Å². The maximum atomic E-state index is 12.3. The maximum absolute atomic E-state index is 12.3. The summed E-state index contributed by atoms with van der Waals surface area (Å²) in [6.07, 6.45) is -4.44. The van der Waals surface area contributed by atoms with Crippen LogP contribution in [0.2, 0.25) is 0 Å². The summed E-state index contributed by atoms with van der Waals surface area (Å²) in [5.74, 6) is 5.78. The standard InChI is InChI=1S/C28H26F3N3O2/c29-28(30,31)20-32-27(36)23-10-12-25(13-11-23)34-16-14-33(15-17-34)19-24-6-2-1-5-22(24)9-8-21-4-3-7-26(35)18-21/h1-7,10-13,18,35H,14-17,19-20H2,(H,32,36). The molecule has 0 atom stereocenters. The topological polar surface area (TPSA) is 55.8 Å². The van der Waals surface area contributed by atoms with E-state index in [0.717, 1.165) is 55.1 Å². The zero-order valence-corrected chi connectivity index (χ0v) is 19.6. The minimum Gasteiger partial charge on any atom is -0.508 e. The number of rotatable bonds is 5. The fraction of sp³-hybridized carbons (Fsp3) is 0.250. The number of carbonyl (C=O) groups is 1. The van der Waals surface area contributed by atoms with E-state index in [1.807, 2.05) is 29.6 Å². The van der Waals surface area contributed by atoms with Crippen molar-refractivity contribution in [1.82, 2.24) is 10.2 Å². The Morgan fingerprint density at radius 1 is 0.917 bits per heavy atom. The van der Waals surface area contributed by atoms with Crippen LogP contribution in [0, 0.1) is 11.8 Å². The number of nitrogens with zero attached hydrogens (tertiary/aromatic N) is 2. The summed E-state index contributed by atoms with van der Waals surface area (Å²) in [5.41, 5.74) is 3.96. The number of halogens is 3. The first-order valence-corrected chi connectivity index (χ1v) is 11.6. The summed E-state index contributed by atoms with van der Waals surface area (Å²) in [4.78, 5) is 16.5. The van der Waals surface area contributed by atoms with E-state index in [9.17, 15) is 23.1 Å². The summed E-state index contributed by atoms with van der Waals surface area (Å²) in [7, 11) is 0. The van der Waals surface area contributed by atoms with Crippen molar-refractivity contribution in [3.05, 3.63) is 95.1 Å². The van der Waals surface area contributed by atoms with E-state index in [-0.39, 0.29) is 11.3 Å². The Morgan fingerprint density at radius 3 is 2.33 bits per heavy atom. The fourth-order valence-corrected chi connectivity index (χ4v) is 4.01. The van der Waals surface area contributed by atoms with Gasteiger partial charge in [0.2, 0.25) is 0 Å². The Labute approximate surface area is 208 Å². The molecule has 1 amide bonds. The number of phenolic OH excluding ortho intramolecular Hbond substituents is 1. The summed E-state index contributed by atoms with van der Waals surface area (Å²) in [6.45, 7) is 2.66. The van der Waals surface area contributed by atoms with Crippen molar-refractivity contribution in [2.24, 2.45) is 0 Å². The Morgan fingerprint density at radius 2 is 1.64 bits per heavy atom. The second kappa shape index (κ2) is 11.2. The lowest BCUT2D eigenvalue weighted by molar-refractivity contribution is -0.123. The fourth-order valence-electron chi connectivity index (χ4n) is 4.01. The summed E-state index contributed by atoms with van der Waals surface area (Å²) in [5, 5.41) is 11.5. The molecule has 5 nitrogen and oxygen atoms in total. The summed E-state index contributed by atoms with van der Waals surface area (Å²) in [6, 6.07) is 21.5. The number of nitrogens with one attached hydrogen (secondary N) is 1. The number of amides is 1. The van der Waals surface area contributed by atoms with E-state index in [0.29, 0.717) is 0 Å². The molecule has 36 heavy (non-hydrogen) atoms. The van der Waals surface area contributed by atoms with Crippen LogP contribution in [0.4, 0.5) is 18.9 Å². The molecule has 186 valence electrons. The minimum atomic E-state index is -4.44. The predicted octanol–water partition coefficient (Wildman–Crippen LogP) is 4.41. The van der Waals surface area contributed by atoms with Crippen molar-refractivity contribution in [3.8, 4) is 17.6 Å². The normalized spacial score (nSPS) is 14.1. The summed E-state index contributed by atoms with van der Waals surface area (Å²) >= 11 is 0. The first-order valence-electron chi connectivity index (χ1n) is 11.6. The first kappa shape index (κ1) is 25.1. The Balaban J connectivity index is 1.33. The van der Waals surface area contributed by atoms with Gasteiger partial charge in [0.05, 0.1) is 0 Å². The van der Waals surface area contributed by atoms with E-state index in [1.54, 1.807) is 42.5 Å². The van der Waals surface area contributed by atoms with E-state index in [2.05, 4.69) is 27.7 Å². The molecular weight excluding hydrogens is 467 g/mol. The monoisotopic (exact) mass is 493 g/mol. The van der Waals surface area contributed by atoms with Gasteiger partial charge in [-0.1, -0.05) is 36.1 Å². The number of hydrogen-bond acceptors (Lipinski definition) is 4. The van der Waals surface area contributed by atoms with E-state index >= 15 is 0 Å². The van der Waals surface area contributed by atoms with Crippen molar-refractivity contribution in [2.45, 2.75) is 12.7 Å². The molecule has 8 heteroatoms. The molecule has 1 saturated heterocycles. The molecule has 0 aromatic heterocycles. The zero-order chi connectivity index (χ0) is 25.5. The number of hydrogen-bond donors (Lipinski definition) is 2. The second-order valence-electron chi connectivity index (χ2n) is 8.57. The number of anilines is 1. The van der Waals surface area contributed by atoms with E-state index in [4.69, 9.17) is 0 Å². The van der Waals surface area contributed by atoms with Crippen molar-refractivity contribution in [2.75, 3.05) is 37.6 Å². The third-order valence-electron chi connectivity index (χ3n) is 5.92. The molecule has 0 spiro atoms. The number of piperazine rings is 1. The maximum Gasteiger partial charge on any atom is 0.405 e. The number of aromatic hydroxyl groups is 1. The second-order valence-corrected chi connectivity index (χ2v) is 8.57. The van der Waals surface area contributed by atoms with Crippen LogP contribution in [-0.4, -0.2) is 54.8 Å². The predicted molar refractivity (Wildman–Crippen MR) is 133 cm³/mol. The number of carbonyl (C=O) groups excluding carboxylic acids is 1. The van der Waals surface area contributed by atoms with Gasteiger partial charge in [0.15, 0.2) is 0 Å². The highest BCUT2D eigenvalue weighted by Crippen LogP contribution is 2.20. The Kier molecular flexibility index (Phi) is 7.81. The smallest absolute Gasteiger partial charge is 0.405 e. The average molecular weight is 494 g/mol. The molecule has 0 bridgehead atoms. The molecule has 0 unspecified atom stereocenters. The van der Waals surface area contributed by atoms with Crippen LogP contribution in [0.1, 0.15) is 27.0 Å². The molecular formula is C28H26F3N3O2. The molecule has 0 radical (unpaired) electrons. The third kappa shape index (κ3) is 7.03. The van der Waals surface area contributed by atoms with Gasteiger partial charge in [-0.3, -0.25) is 9.69 Å². The van der Waals surface area contributed by atoms with Crippen LogP contribution in [0.25, 0.3) is 0 Å².